The minimum absolute atomic E-state index is 0.0106. The Morgan fingerprint density at radius 2 is 2.16 bits per heavy atom. The molecule has 0 aliphatic heterocycles. The summed E-state index contributed by atoms with van der Waals surface area (Å²) in [5.74, 6) is 0.171. The average Bonchev–Trinajstić information content (AvgIpc) is 2.90. The number of aromatic nitrogens is 4. The minimum Gasteiger partial charge on any atom is -0.293 e. The van der Waals surface area contributed by atoms with E-state index in [2.05, 4.69) is 14.7 Å². The fraction of sp³-hybridized carbons (Fsp3) is 0.500. The Balaban J connectivity index is 2.28. The Morgan fingerprint density at radius 1 is 1.47 bits per heavy atom. The van der Waals surface area contributed by atoms with Gasteiger partial charge in [0.15, 0.2) is 5.78 Å². The average molecular weight is 299 g/mol. The molecule has 5 nitrogen and oxygen atoms in total. The van der Waals surface area contributed by atoms with Crippen LogP contribution >= 0.6 is 23.1 Å². The number of ketones is 1. The first kappa shape index (κ1) is 14.1. The van der Waals surface area contributed by atoms with Gasteiger partial charge in [-0.15, -0.1) is 5.10 Å². The van der Waals surface area contributed by atoms with Crippen molar-refractivity contribution in [2.45, 2.75) is 33.1 Å². The van der Waals surface area contributed by atoms with E-state index in [1.807, 2.05) is 20.8 Å². The summed E-state index contributed by atoms with van der Waals surface area (Å²) in [5, 5.41) is 8.78. The second kappa shape index (κ2) is 5.38. The Bertz CT molecular complexity index is 617. The molecule has 0 saturated heterocycles. The zero-order valence-corrected chi connectivity index (χ0v) is 12.8. The molecule has 102 valence electrons. The summed E-state index contributed by atoms with van der Waals surface area (Å²) in [6.45, 7) is 5.81. The van der Waals surface area contributed by atoms with E-state index in [9.17, 15) is 4.79 Å². The zero-order valence-electron chi connectivity index (χ0n) is 11.3. The molecule has 2 rings (SSSR count). The van der Waals surface area contributed by atoms with Gasteiger partial charge in [-0.25, -0.2) is 0 Å². The quantitative estimate of drug-likeness (QED) is 0.814. The fourth-order valence-corrected chi connectivity index (χ4v) is 2.85. The number of halogens is 1. The summed E-state index contributed by atoms with van der Waals surface area (Å²) in [6.07, 6.45) is 0.222. The SMILES string of the molecule is Cc1nn(C)c(CC(=O)c2snnc2C(C)C)c1Cl. The van der Waals surface area contributed by atoms with Crippen molar-refractivity contribution < 1.29 is 4.79 Å². The Morgan fingerprint density at radius 3 is 2.68 bits per heavy atom. The van der Waals surface area contributed by atoms with Crippen LogP contribution in [0.5, 0.6) is 0 Å². The number of hydrogen-bond donors (Lipinski definition) is 0. The van der Waals surface area contributed by atoms with Crippen molar-refractivity contribution in [2.75, 3.05) is 0 Å². The Labute approximate surface area is 120 Å². The van der Waals surface area contributed by atoms with Crippen LogP contribution in [0.25, 0.3) is 0 Å². The number of carbonyl (C=O) groups is 1. The van der Waals surface area contributed by atoms with E-state index >= 15 is 0 Å². The summed E-state index contributed by atoms with van der Waals surface area (Å²) in [5.41, 5.74) is 2.22. The van der Waals surface area contributed by atoms with E-state index in [0.29, 0.717) is 9.90 Å². The third-order valence-corrected chi connectivity index (χ3v) is 4.18. The third-order valence-electron chi connectivity index (χ3n) is 2.90. The van der Waals surface area contributed by atoms with Gasteiger partial charge in [0, 0.05) is 7.05 Å². The third kappa shape index (κ3) is 2.69. The highest BCUT2D eigenvalue weighted by Crippen LogP contribution is 2.24. The number of hydrogen-bond acceptors (Lipinski definition) is 5. The molecule has 0 aliphatic carbocycles. The summed E-state index contributed by atoms with van der Waals surface area (Å²) in [4.78, 5) is 13.0. The van der Waals surface area contributed by atoms with Gasteiger partial charge in [-0.1, -0.05) is 29.9 Å². The van der Waals surface area contributed by atoms with Gasteiger partial charge in [0.2, 0.25) is 0 Å². The van der Waals surface area contributed by atoms with Gasteiger partial charge in [0.1, 0.15) is 4.88 Å². The van der Waals surface area contributed by atoms with Crippen molar-refractivity contribution in [3.63, 3.8) is 0 Å². The van der Waals surface area contributed by atoms with Gasteiger partial charge in [-0.2, -0.15) is 5.10 Å². The van der Waals surface area contributed by atoms with E-state index in [-0.39, 0.29) is 18.1 Å². The molecule has 0 aromatic carbocycles. The molecule has 0 fully saturated rings. The molecule has 2 aromatic heterocycles. The second-order valence-electron chi connectivity index (χ2n) is 4.71. The van der Waals surface area contributed by atoms with Crippen LogP contribution in [0.4, 0.5) is 0 Å². The lowest BCUT2D eigenvalue weighted by atomic mass is 10.1. The number of rotatable bonds is 4. The van der Waals surface area contributed by atoms with E-state index in [1.165, 1.54) is 0 Å². The van der Waals surface area contributed by atoms with Crippen LogP contribution in [0.2, 0.25) is 5.02 Å². The van der Waals surface area contributed by atoms with E-state index < -0.39 is 0 Å². The highest BCUT2D eigenvalue weighted by Gasteiger charge is 2.22. The summed E-state index contributed by atoms with van der Waals surface area (Å²) >= 11 is 7.30. The maximum atomic E-state index is 12.3. The highest BCUT2D eigenvalue weighted by atomic mass is 35.5. The van der Waals surface area contributed by atoms with Crippen molar-refractivity contribution in [2.24, 2.45) is 7.05 Å². The maximum Gasteiger partial charge on any atom is 0.182 e. The molecule has 0 atom stereocenters. The lowest BCUT2D eigenvalue weighted by Gasteiger charge is -2.04. The van der Waals surface area contributed by atoms with Crippen LogP contribution in [-0.2, 0) is 13.5 Å². The first-order valence-electron chi connectivity index (χ1n) is 5.95. The predicted octanol–water partition coefficient (Wildman–Crippen LogP) is 2.78. The first-order chi connectivity index (χ1) is 8.91. The molecule has 0 bridgehead atoms. The Kier molecular flexibility index (Phi) is 4.01. The van der Waals surface area contributed by atoms with Gasteiger partial charge in [0.05, 0.1) is 28.5 Å². The van der Waals surface area contributed by atoms with E-state index in [4.69, 9.17) is 11.6 Å². The van der Waals surface area contributed by atoms with Gasteiger partial charge >= 0.3 is 0 Å². The first-order valence-corrected chi connectivity index (χ1v) is 7.10. The summed E-state index contributed by atoms with van der Waals surface area (Å²) < 4.78 is 5.52. The van der Waals surface area contributed by atoms with Crippen molar-refractivity contribution in [1.29, 1.82) is 0 Å². The molecule has 0 unspecified atom stereocenters. The molecular weight excluding hydrogens is 284 g/mol. The van der Waals surface area contributed by atoms with Gasteiger partial charge in [-0.05, 0) is 24.4 Å². The normalized spacial score (nSPS) is 11.3. The lowest BCUT2D eigenvalue weighted by Crippen LogP contribution is -2.09. The van der Waals surface area contributed by atoms with E-state index in [1.54, 1.807) is 11.7 Å². The van der Waals surface area contributed by atoms with Crippen LogP contribution in [0.1, 0.15) is 46.5 Å². The fourth-order valence-electron chi connectivity index (χ4n) is 1.87. The minimum atomic E-state index is -0.0106. The van der Waals surface area contributed by atoms with Gasteiger partial charge in [0.25, 0.3) is 0 Å². The molecule has 19 heavy (non-hydrogen) atoms. The number of nitrogens with zero attached hydrogens (tertiary/aromatic N) is 4. The molecule has 2 heterocycles. The van der Waals surface area contributed by atoms with Crippen LogP contribution in [0.15, 0.2) is 0 Å². The summed E-state index contributed by atoms with van der Waals surface area (Å²) in [6, 6.07) is 0. The maximum absolute atomic E-state index is 12.3. The summed E-state index contributed by atoms with van der Waals surface area (Å²) in [7, 11) is 1.79. The van der Waals surface area contributed by atoms with Gasteiger partial charge < -0.3 is 0 Å². The second-order valence-corrected chi connectivity index (χ2v) is 5.84. The zero-order chi connectivity index (χ0) is 14.2. The van der Waals surface area contributed by atoms with Crippen molar-refractivity contribution >= 4 is 28.9 Å². The molecule has 0 spiro atoms. The van der Waals surface area contributed by atoms with Gasteiger partial charge in [-0.3, -0.25) is 9.48 Å². The number of aryl methyl sites for hydroxylation is 2. The predicted molar refractivity (Wildman–Crippen MR) is 75.0 cm³/mol. The lowest BCUT2D eigenvalue weighted by molar-refractivity contribution is 0.0993. The van der Waals surface area contributed by atoms with Crippen LogP contribution in [0.3, 0.4) is 0 Å². The van der Waals surface area contributed by atoms with Crippen molar-refractivity contribution in [1.82, 2.24) is 19.4 Å². The molecule has 0 saturated carbocycles. The smallest absolute Gasteiger partial charge is 0.182 e. The van der Waals surface area contributed by atoms with Crippen molar-refractivity contribution in [3.05, 3.63) is 27.0 Å². The molecule has 0 N–H and O–H groups in total. The largest absolute Gasteiger partial charge is 0.293 e. The molecule has 2 aromatic rings. The standard InChI is InChI=1S/C12H15ClN4OS/c1-6(2)11-12(19-16-14-11)9(18)5-8-10(13)7(3)15-17(8)4/h6H,5H2,1-4H3. The topological polar surface area (TPSA) is 60.7 Å². The Hall–Kier alpha value is -1.27. The van der Waals surface area contributed by atoms with Crippen LogP contribution in [0, 0.1) is 6.92 Å². The van der Waals surface area contributed by atoms with Crippen molar-refractivity contribution in [3.8, 4) is 0 Å². The monoisotopic (exact) mass is 298 g/mol. The number of carbonyl (C=O) groups excluding carboxylic acids is 1. The molecule has 7 heteroatoms. The van der Waals surface area contributed by atoms with Crippen LogP contribution < -0.4 is 0 Å². The molecule has 0 aliphatic rings. The van der Waals surface area contributed by atoms with Crippen LogP contribution in [-0.4, -0.2) is 25.2 Å². The molecular formula is C12H15ClN4OS. The molecule has 0 radical (unpaired) electrons. The van der Waals surface area contributed by atoms with E-state index in [0.717, 1.165) is 28.6 Å². The molecule has 0 amide bonds. The number of Topliss-reactive ketones (excluding diaryl/α,β-unsaturated/α-hetero) is 1. The highest BCUT2D eigenvalue weighted by molar-refractivity contribution is 7.08.